The van der Waals surface area contributed by atoms with Gasteiger partial charge in [-0.15, -0.1) is 0 Å². The van der Waals surface area contributed by atoms with Crippen molar-refractivity contribution in [3.63, 3.8) is 0 Å². The fraction of sp³-hybridized carbons (Fsp3) is 0.391. The number of para-hydroxylation sites is 1. The van der Waals surface area contributed by atoms with E-state index in [1.807, 2.05) is 0 Å². The van der Waals surface area contributed by atoms with Crippen molar-refractivity contribution in [2.75, 3.05) is 31.5 Å². The fourth-order valence-electron chi connectivity index (χ4n) is 3.38. The molecule has 34 heavy (non-hydrogen) atoms. The van der Waals surface area contributed by atoms with Gasteiger partial charge < -0.3 is 10.2 Å². The second kappa shape index (κ2) is 12.1. The van der Waals surface area contributed by atoms with E-state index >= 15 is 0 Å². The predicted molar refractivity (Wildman–Crippen MR) is 131 cm³/mol. The van der Waals surface area contributed by atoms with Crippen LogP contribution >= 0.6 is 11.6 Å². The van der Waals surface area contributed by atoms with Gasteiger partial charge in [0.05, 0.1) is 5.69 Å². The number of anilines is 1. The number of hydrogen-bond donors (Lipinski definition) is 1. The first kappa shape index (κ1) is 27.6. The number of nitrogens with one attached hydrogen (secondary N) is 1. The van der Waals surface area contributed by atoms with Crippen molar-refractivity contribution >= 4 is 39.3 Å². The van der Waals surface area contributed by atoms with Gasteiger partial charge in [-0.25, -0.2) is 8.70 Å². The lowest BCUT2D eigenvalue weighted by molar-refractivity contribution is -0.140. The van der Waals surface area contributed by atoms with E-state index in [2.05, 4.69) is 5.32 Å². The van der Waals surface area contributed by atoms with Crippen molar-refractivity contribution < 1.29 is 22.4 Å². The first-order chi connectivity index (χ1) is 16.0. The Morgan fingerprint density at radius 1 is 1.06 bits per heavy atom. The van der Waals surface area contributed by atoms with Gasteiger partial charge in [0, 0.05) is 32.2 Å². The van der Waals surface area contributed by atoms with Gasteiger partial charge in [-0.1, -0.05) is 48.9 Å². The molecule has 0 aliphatic carbocycles. The number of halogens is 2. The summed E-state index contributed by atoms with van der Waals surface area (Å²) in [5.41, 5.74) is 0.321. The van der Waals surface area contributed by atoms with Crippen LogP contribution in [-0.2, 0) is 26.3 Å². The molecule has 1 atom stereocenters. The summed E-state index contributed by atoms with van der Waals surface area (Å²) < 4.78 is 42.3. The minimum Gasteiger partial charge on any atom is -0.355 e. The summed E-state index contributed by atoms with van der Waals surface area (Å²) in [5, 5.41) is 3.11. The van der Waals surface area contributed by atoms with Crippen LogP contribution < -0.4 is 9.62 Å². The van der Waals surface area contributed by atoms with Crippen LogP contribution in [0.5, 0.6) is 0 Å². The Bertz CT molecular complexity index is 1110. The zero-order valence-corrected chi connectivity index (χ0v) is 21.2. The molecule has 0 bridgehead atoms. The monoisotopic (exact) mass is 512 g/mol. The summed E-state index contributed by atoms with van der Waals surface area (Å²) in [5.74, 6) is -1.85. The molecule has 0 aliphatic heterocycles. The molecule has 2 amide bonds. The third-order valence-electron chi connectivity index (χ3n) is 5.18. The van der Waals surface area contributed by atoms with E-state index in [1.165, 1.54) is 37.2 Å². The summed E-state index contributed by atoms with van der Waals surface area (Å²) in [6.07, 6.45) is 0.280. The molecule has 0 spiro atoms. The average Bonchev–Trinajstić information content (AvgIpc) is 2.79. The number of carbonyl (C=O) groups is 2. The summed E-state index contributed by atoms with van der Waals surface area (Å²) in [6, 6.07) is 11.3. The smallest absolute Gasteiger partial charge is 0.304 e. The SMILES string of the molecule is CCNC(=O)[C@@H](CC)N(Cc1ccccc1Cl)C(=O)CN(c1ccccc1F)S(=O)(=O)N(C)C. The van der Waals surface area contributed by atoms with Gasteiger partial charge in [0.2, 0.25) is 11.8 Å². The Labute approximate surface area is 205 Å². The highest BCUT2D eigenvalue weighted by Gasteiger charge is 2.34. The van der Waals surface area contributed by atoms with Crippen LogP contribution in [0.15, 0.2) is 48.5 Å². The Kier molecular flexibility index (Phi) is 9.84. The van der Waals surface area contributed by atoms with Gasteiger partial charge in [-0.2, -0.15) is 12.7 Å². The van der Waals surface area contributed by atoms with Gasteiger partial charge in [-0.05, 0) is 37.1 Å². The van der Waals surface area contributed by atoms with Crippen molar-refractivity contribution in [3.05, 3.63) is 64.9 Å². The van der Waals surface area contributed by atoms with Crippen molar-refractivity contribution in [2.45, 2.75) is 32.9 Å². The van der Waals surface area contributed by atoms with Gasteiger partial charge in [0.25, 0.3) is 0 Å². The van der Waals surface area contributed by atoms with E-state index in [-0.39, 0.29) is 24.6 Å². The maximum atomic E-state index is 14.6. The highest BCUT2D eigenvalue weighted by Crippen LogP contribution is 2.25. The molecule has 0 saturated carbocycles. The van der Waals surface area contributed by atoms with Crippen LogP contribution in [0.1, 0.15) is 25.8 Å². The van der Waals surface area contributed by atoms with E-state index in [0.717, 1.165) is 10.4 Å². The normalized spacial score (nSPS) is 12.3. The molecule has 2 aromatic carbocycles. The van der Waals surface area contributed by atoms with E-state index in [0.29, 0.717) is 21.4 Å². The quantitative estimate of drug-likeness (QED) is 0.501. The lowest BCUT2D eigenvalue weighted by Gasteiger charge is -2.34. The molecule has 0 saturated heterocycles. The summed E-state index contributed by atoms with van der Waals surface area (Å²) in [7, 11) is -1.65. The molecule has 0 aromatic heterocycles. The molecular weight excluding hydrogens is 483 g/mol. The second-order valence-corrected chi connectivity index (χ2v) is 10.2. The van der Waals surface area contributed by atoms with Crippen LogP contribution in [0.2, 0.25) is 5.02 Å². The summed E-state index contributed by atoms with van der Waals surface area (Å²) in [4.78, 5) is 27.6. The van der Waals surface area contributed by atoms with Crippen molar-refractivity contribution in [1.82, 2.24) is 14.5 Å². The third kappa shape index (κ3) is 6.46. The van der Waals surface area contributed by atoms with Crippen molar-refractivity contribution in [1.29, 1.82) is 0 Å². The molecule has 0 radical (unpaired) electrons. The number of likely N-dealkylation sites (N-methyl/N-ethyl adjacent to an activating group) is 1. The van der Waals surface area contributed by atoms with Crippen LogP contribution in [0.4, 0.5) is 10.1 Å². The number of hydrogen-bond acceptors (Lipinski definition) is 4. The minimum absolute atomic E-state index is 0.0265. The molecule has 0 heterocycles. The molecule has 0 fully saturated rings. The highest BCUT2D eigenvalue weighted by molar-refractivity contribution is 7.90. The number of amides is 2. The lowest BCUT2D eigenvalue weighted by atomic mass is 10.1. The Morgan fingerprint density at radius 3 is 2.24 bits per heavy atom. The standard InChI is InChI=1S/C23H30ClFN4O4S/c1-5-20(23(31)26-6-2)28(15-17-11-7-8-12-18(17)24)22(30)16-29(34(32,33)27(3)4)21-14-10-9-13-19(21)25/h7-14,20H,5-6,15-16H2,1-4H3,(H,26,31)/t20-/m1/s1. The number of rotatable bonds is 11. The van der Waals surface area contributed by atoms with Gasteiger partial charge >= 0.3 is 10.2 Å². The Hall–Kier alpha value is -2.69. The zero-order valence-electron chi connectivity index (χ0n) is 19.7. The summed E-state index contributed by atoms with van der Waals surface area (Å²) in [6.45, 7) is 3.13. The maximum absolute atomic E-state index is 14.6. The van der Waals surface area contributed by atoms with Crippen molar-refractivity contribution in [2.24, 2.45) is 0 Å². The lowest BCUT2D eigenvalue weighted by Crippen LogP contribution is -2.53. The molecule has 2 aromatic rings. The first-order valence-corrected chi connectivity index (χ1v) is 12.6. The zero-order chi connectivity index (χ0) is 25.5. The van der Waals surface area contributed by atoms with Gasteiger partial charge in [0.15, 0.2) is 0 Å². The van der Waals surface area contributed by atoms with Crippen LogP contribution in [0.3, 0.4) is 0 Å². The maximum Gasteiger partial charge on any atom is 0.304 e. The minimum atomic E-state index is -4.23. The molecule has 1 N–H and O–H groups in total. The van der Waals surface area contributed by atoms with Crippen LogP contribution in [0, 0.1) is 5.82 Å². The molecule has 0 aliphatic rings. The fourth-order valence-corrected chi connectivity index (χ4v) is 4.64. The molecule has 11 heteroatoms. The van der Waals surface area contributed by atoms with Gasteiger partial charge in [0.1, 0.15) is 18.4 Å². The second-order valence-electron chi connectivity index (χ2n) is 7.68. The summed E-state index contributed by atoms with van der Waals surface area (Å²) >= 11 is 6.30. The predicted octanol–water partition coefficient (Wildman–Crippen LogP) is 3.04. The van der Waals surface area contributed by atoms with Crippen molar-refractivity contribution in [3.8, 4) is 0 Å². The third-order valence-corrected chi connectivity index (χ3v) is 7.35. The number of carbonyl (C=O) groups excluding carboxylic acids is 2. The molecule has 8 nitrogen and oxygen atoms in total. The van der Waals surface area contributed by atoms with E-state index in [1.54, 1.807) is 38.1 Å². The first-order valence-electron chi connectivity index (χ1n) is 10.8. The van der Waals surface area contributed by atoms with Crippen LogP contribution in [0.25, 0.3) is 0 Å². The topological polar surface area (TPSA) is 90.0 Å². The van der Waals surface area contributed by atoms with Crippen LogP contribution in [-0.4, -0.2) is 62.7 Å². The largest absolute Gasteiger partial charge is 0.355 e. The number of benzene rings is 2. The van der Waals surface area contributed by atoms with E-state index < -0.39 is 34.5 Å². The van der Waals surface area contributed by atoms with E-state index in [9.17, 15) is 22.4 Å². The van der Waals surface area contributed by atoms with Gasteiger partial charge in [-0.3, -0.25) is 9.59 Å². The Balaban J connectivity index is 2.53. The molecule has 0 unspecified atom stereocenters. The molecule has 186 valence electrons. The number of nitrogens with zero attached hydrogens (tertiary/aromatic N) is 3. The Morgan fingerprint density at radius 2 is 1.68 bits per heavy atom. The highest BCUT2D eigenvalue weighted by atomic mass is 35.5. The molecule has 2 rings (SSSR count). The van der Waals surface area contributed by atoms with E-state index in [4.69, 9.17) is 11.6 Å². The average molecular weight is 513 g/mol. The molecular formula is C23H30ClFN4O4S.